The third kappa shape index (κ3) is 2.20. The first-order chi connectivity index (χ1) is 5.65. The molecule has 4 atom stereocenters. The molecule has 1 unspecified atom stereocenters. The van der Waals surface area contributed by atoms with E-state index in [2.05, 4.69) is 13.8 Å². The Bertz CT molecular complexity index is 136. The monoisotopic (exact) mass is 172 g/mol. The fourth-order valence-electron chi connectivity index (χ4n) is 2.00. The molecule has 0 bridgehead atoms. The van der Waals surface area contributed by atoms with Crippen LogP contribution < -0.4 is 0 Å². The minimum atomic E-state index is -0.141. The molecule has 0 spiro atoms. The topological polar surface area (TPSA) is 40.5 Å². The highest BCUT2D eigenvalue weighted by Gasteiger charge is 2.28. The molecule has 0 aromatic heterocycles. The fourth-order valence-corrected chi connectivity index (χ4v) is 2.00. The van der Waals surface area contributed by atoms with Gasteiger partial charge in [0, 0.05) is 6.61 Å². The average molecular weight is 172 g/mol. The molecule has 1 saturated carbocycles. The third-order valence-electron chi connectivity index (χ3n) is 3.29. The molecule has 0 aliphatic heterocycles. The van der Waals surface area contributed by atoms with Crippen molar-refractivity contribution in [3.8, 4) is 0 Å². The van der Waals surface area contributed by atoms with Crippen molar-refractivity contribution in [2.24, 2.45) is 17.8 Å². The van der Waals surface area contributed by atoms with Gasteiger partial charge in [0.05, 0.1) is 6.10 Å². The molecule has 0 saturated heterocycles. The van der Waals surface area contributed by atoms with E-state index in [4.69, 9.17) is 5.11 Å². The molecule has 0 aromatic carbocycles. The van der Waals surface area contributed by atoms with Crippen molar-refractivity contribution < 1.29 is 10.2 Å². The van der Waals surface area contributed by atoms with Gasteiger partial charge in [0.25, 0.3) is 0 Å². The highest BCUT2D eigenvalue weighted by atomic mass is 16.3. The molecule has 1 aliphatic rings. The number of aliphatic hydroxyl groups excluding tert-OH is 2. The lowest BCUT2D eigenvalue weighted by atomic mass is 9.75. The third-order valence-corrected chi connectivity index (χ3v) is 3.29. The van der Waals surface area contributed by atoms with Crippen molar-refractivity contribution in [1.82, 2.24) is 0 Å². The summed E-state index contributed by atoms with van der Waals surface area (Å²) in [5, 5.41) is 18.6. The largest absolute Gasteiger partial charge is 0.396 e. The summed E-state index contributed by atoms with van der Waals surface area (Å²) in [5.74, 6) is 1.33. The van der Waals surface area contributed by atoms with Crippen LogP contribution in [0.2, 0.25) is 0 Å². The van der Waals surface area contributed by atoms with Crippen molar-refractivity contribution in [3.63, 3.8) is 0 Å². The highest BCUT2D eigenvalue weighted by Crippen LogP contribution is 2.33. The van der Waals surface area contributed by atoms with E-state index < -0.39 is 0 Å². The van der Waals surface area contributed by atoms with E-state index in [1.165, 1.54) is 6.42 Å². The Hall–Kier alpha value is -0.0800. The normalized spacial score (nSPS) is 39.5. The molecule has 12 heavy (non-hydrogen) atoms. The summed E-state index contributed by atoms with van der Waals surface area (Å²) in [6.45, 7) is 4.42. The van der Waals surface area contributed by atoms with Gasteiger partial charge >= 0.3 is 0 Å². The maximum atomic E-state index is 9.61. The highest BCUT2D eigenvalue weighted by molar-refractivity contribution is 4.79. The van der Waals surface area contributed by atoms with Crippen molar-refractivity contribution in [3.05, 3.63) is 0 Å². The summed E-state index contributed by atoms with van der Waals surface area (Å²) in [6.07, 6.45) is 3.01. The molecule has 0 amide bonds. The first kappa shape index (κ1) is 10.0. The lowest BCUT2D eigenvalue weighted by Gasteiger charge is -2.33. The van der Waals surface area contributed by atoms with Crippen LogP contribution in [-0.4, -0.2) is 22.9 Å². The van der Waals surface area contributed by atoms with Crippen LogP contribution in [0, 0.1) is 17.8 Å². The molecular weight excluding hydrogens is 152 g/mol. The summed E-state index contributed by atoms with van der Waals surface area (Å²) in [6, 6.07) is 0. The SMILES string of the molecule is CC(CO)[C@H]1CC[C@H](C)[C@@H](O)C1. The van der Waals surface area contributed by atoms with Crippen molar-refractivity contribution in [2.45, 2.75) is 39.2 Å². The van der Waals surface area contributed by atoms with Crippen molar-refractivity contribution >= 4 is 0 Å². The van der Waals surface area contributed by atoms with Crippen LogP contribution in [0.5, 0.6) is 0 Å². The van der Waals surface area contributed by atoms with Crippen molar-refractivity contribution in [2.75, 3.05) is 6.61 Å². The first-order valence-corrected chi connectivity index (χ1v) is 4.94. The number of aliphatic hydroxyl groups is 2. The zero-order valence-corrected chi connectivity index (χ0v) is 8.03. The fraction of sp³-hybridized carbons (Fsp3) is 1.00. The Labute approximate surface area is 74.6 Å². The van der Waals surface area contributed by atoms with E-state index in [-0.39, 0.29) is 12.7 Å². The van der Waals surface area contributed by atoms with Gasteiger partial charge in [-0.25, -0.2) is 0 Å². The molecule has 2 heteroatoms. The summed E-state index contributed by atoms with van der Waals surface area (Å²) < 4.78 is 0. The molecule has 1 fully saturated rings. The Morgan fingerprint density at radius 2 is 2.08 bits per heavy atom. The first-order valence-electron chi connectivity index (χ1n) is 4.94. The van der Waals surface area contributed by atoms with E-state index in [9.17, 15) is 5.11 Å². The van der Waals surface area contributed by atoms with Crippen LogP contribution in [0.25, 0.3) is 0 Å². The smallest absolute Gasteiger partial charge is 0.0568 e. The molecule has 2 N–H and O–H groups in total. The van der Waals surface area contributed by atoms with Crippen molar-refractivity contribution in [1.29, 1.82) is 0 Å². The molecule has 1 aliphatic carbocycles. The standard InChI is InChI=1S/C10H20O2/c1-7-3-4-9(5-10(7)12)8(2)6-11/h7-12H,3-6H2,1-2H3/t7-,8?,9-,10-/m0/s1. The summed E-state index contributed by atoms with van der Waals surface area (Å²) in [5.41, 5.74) is 0. The molecular formula is C10H20O2. The molecule has 0 aromatic rings. The van der Waals surface area contributed by atoms with Gasteiger partial charge in [-0.05, 0) is 37.0 Å². The van der Waals surface area contributed by atoms with E-state index in [0.717, 1.165) is 12.8 Å². The second kappa shape index (κ2) is 4.24. The van der Waals surface area contributed by atoms with Crippen LogP contribution >= 0.6 is 0 Å². The molecule has 0 heterocycles. The minimum Gasteiger partial charge on any atom is -0.396 e. The van der Waals surface area contributed by atoms with Crippen LogP contribution in [0.4, 0.5) is 0 Å². The van der Waals surface area contributed by atoms with Crippen LogP contribution in [0.1, 0.15) is 33.1 Å². The summed E-state index contributed by atoms with van der Waals surface area (Å²) in [7, 11) is 0. The second-order valence-corrected chi connectivity index (χ2v) is 4.28. The maximum Gasteiger partial charge on any atom is 0.0568 e. The van der Waals surface area contributed by atoms with Gasteiger partial charge in [-0.1, -0.05) is 13.8 Å². The lowest BCUT2D eigenvalue weighted by molar-refractivity contribution is 0.0288. The summed E-state index contributed by atoms with van der Waals surface area (Å²) in [4.78, 5) is 0. The van der Waals surface area contributed by atoms with Gasteiger partial charge in [-0.15, -0.1) is 0 Å². The Kier molecular flexibility index (Phi) is 3.53. The van der Waals surface area contributed by atoms with Gasteiger partial charge in [0.2, 0.25) is 0 Å². The Balaban J connectivity index is 2.39. The molecule has 72 valence electrons. The lowest BCUT2D eigenvalue weighted by Crippen LogP contribution is -2.31. The van der Waals surface area contributed by atoms with Crippen LogP contribution in [-0.2, 0) is 0 Å². The summed E-state index contributed by atoms with van der Waals surface area (Å²) >= 11 is 0. The van der Waals surface area contributed by atoms with Gasteiger partial charge in [0.15, 0.2) is 0 Å². The number of rotatable bonds is 2. The van der Waals surface area contributed by atoms with Gasteiger partial charge < -0.3 is 10.2 Å². The van der Waals surface area contributed by atoms with E-state index in [0.29, 0.717) is 17.8 Å². The van der Waals surface area contributed by atoms with Crippen LogP contribution in [0.15, 0.2) is 0 Å². The molecule has 2 nitrogen and oxygen atoms in total. The van der Waals surface area contributed by atoms with E-state index >= 15 is 0 Å². The Morgan fingerprint density at radius 3 is 2.58 bits per heavy atom. The van der Waals surface area contributed by atoms with Gasteiger partial charge in [-0.2, -0.15) is 0 Å². The van der Waals surface area contributed by atoms with E-state index in [1.54, 1.807) is 0 Å². The quantitative estimate of drug-likeness (QED) is 0.661. The molecule has 1 rings (SSSR count). The zero-order valence-electron chi connectivity index (χ0n) is 8.03. The minimum absolute atomic E-state index is 0.141. The second-order valence-electron chi connectivity index (χ2n) is 4.28. The maximum absolute atomic E-state index is 9.61. The zero-order chi connectivity index (χ0) is 9.14. The Morgan fingerprint density at radius 1 is 1.42 bits per heavy atom. The predicted octanol–water partition coefficient (Wildman–Crippen LogP) is 1.41. The molecule has 0 radical (unpaired) electrons. The van der Waals surface area contributed by atoms with Gasteiger partial charge in [0.1, 0.15) is 0 Å². The predicted molar refractivity (Wildman–Crippen MR) is 48.8 cm³/mol. The average Bonchev–Trinajstić information content (AvgIpc) is 2.08. The van der Waals surface area contributed by atoms with Crippen LogP contribution in [0.3, 0.4) is 0 Å². The number of hydrogen-bond donors (Lipinski definition) is 2. The van der Waals surface area contributed by atoms with Gasteiger partial charge in [-0.3, -0.25) is 0 Å². The van der Waals surface area contributed by atoms with E-state index in [1.807, 2.05) is 0 Å². The number of hydrogen-bond acceptors (Lipinski definition) is 2.